The van der Waals surface area contributed by atoms with Gasteiger partial charge in [0.1, 0.15) is 5.60 Å². The number of piperidine rings is 1. The van der Waals surface area contributed by atoms with E-state index < -0.39 is 5.60 Å². The van der Waals surface area contributed by atoms with E-state index in [2.05, 4.69) is 9.88 Å². The minimum absolute atomic E-state index is 0.231. The number of pyridine rings is 1. The van der Waals surface area contributed by atoms with Crippen molar-refractivity contribution in [2.75, 3.05) is 20.1 Å². The van der Waals surface area contributed by atoms with Crippen molar-refractivity contribution in [1.82, 2.24) is 14.8 Å². The molecule has 6 heteroatoms. The molecule has 0 spiro atoms. The third kappa shape index (κ3) is 5.36. The first-order valence-electron chi connectivity index (χ1n) is 8.03. The number of hydrogen-bond acceptors (Lipinski definition) is 4. The predicted octanol–water partition coefficient (Wildman–Crippen LogP) is 3.57. The van der Waals surface area contributed by atoms with E-state index in [1.54, 1.807) is 17.3 Å². The Morgan fingerprint density at radius 2 is 2.09 bits per heavy atom. The molecule has 0 saturated carbocycles. The van der Waals surface area contributed by atoms with E-state index in [1.807, 2.05) is 33.9 Å². The molecular weight excluding hydrogens is 314 g/mol. The number of halogens is 1. The molecule has 0 atom stereocenters. The van der Waals surface area contributed by atoms with E-state index in [0.29, 0.717) is 5.02 Å². The number of hydrogen-bond donors (Lipinski definition) is 0. The summed E-state index contributed by atoms with van der Waals surface area (Å²) in [7, 11) is 1.83. The third-order valence-corrected chi connectivity index (χ3v) is 4.38. The van der Waals surface area contributed by atoms with Crippen LogP contribution in [-0.4, -0.2) is 52.7 Å². The highest BCUT2D eigenvalue weighted by Gasteiger charge is 2.28. The molecule has 1 aromatic heterocycles. The van der Waals surface area contributed by atoms with E-state index in [-0.39, 0.29) is 12.1 Å². The second kappa shape index (κ2) is 7.49. The highest BCUT2D eigenvalue weighted by molar-refractivity contribution is 6.31. The zero-order chi connectivity index (χ0) is 17.0. The maximum absolute atomic E-state index is 12.1. The molecule has 1 fully saturated rings. The predicted molar refractivity (Wildman–Crippen MR) is 91.5 cm³/mol. The summed E-state index contributed by atoms with van der Waals surface area (Å²) in [4.78, 5) is 20.3. The van der Waals surface area contributed by atoms with Crippen LogP contribution in [0, 0.1) is 0 Å². The van der Waals surface area contributed by atoms with Gasteiger partial charge in [-0.25, -0.2) is 4.79 Å². The molecule has 23 heavy (non-hydrogen) atoms. The zero-order valence-corrected chi connectivity index (χ0v) is 15.1. The molecule has 0 aliphatic carbocycles. The van der Waals surface area contributed by atoms with Crippen LogP contribution in [0.15, 0.2) is 18.5 Å². The minimum atomic E-state index is -0.454. The highest BCUT2D eigenvalue weighted by atomic mass is 35.5. The lowest BCUT2D eigenvalue weighted by atomic mass is 10.0. The fraction of sp³-hybridized carbons (Fsp3) is 0.647. The third-order valence-electron chi connectivity index (χ3n) is 4.04. The van der Waals surface area contributed by atoms with Crippen molar-refractivity contribution in [3.63, 3.8) is 0 Å². The Morgan fingerprint density at radius 1 is 1.43 bits per heavy atom. The van der Waals surface area contributed by atoms with E-state index >= 15 is 0 Å². The second-order valence-electron chi connectivity index (χ2n) is 7.07. The summed E-state index contributed by atoms with van der Waals surface area (Å²) in [5.74, 6) is 0. The normalized spacial score (nSPS) is 17.1. The minimum Gasteiger partial charge on any atom is -0.444 e. The molecule has 1 aliphatic heterocycles. The molecule has 1 saturated heterocycles. The first-order chi connectivity index (χ1) is 10.8. The second-order valence-corrected chi connectivity index (χ2v) is 7.47. The lowest BCUT2D eigenvalue weighted by Gasteiger charge is -2.37. The van der Waals surface area contributed by atoms with Crippen molar-refractivity contribution >= 4 is 17.7 Å². The Labute approximate surface area is 143 Å². The summed E-state index contributed by atoms with van der Waals surface area (Å²) in [5.41, 5.74) is 0.644. The summed E-state index contributed by atoms with van der Waals surface area (Å²) in [6.45, 7) is 8.37. The van der Waals surface area contributed by atoms with Gasteiger partial charge >= 0.3 is 6.09 Å². The Bertz CT molecular complexity index is 537. The molecule has 128 valence electrons. The Balaban J connectivity index is 1.84. The summed E-state index contributed by atoms with van der Waals surface area (Å²) >= 11 is 6.17. The van der Waals surface area contributed by atoms with Crippen LogP contribution >= 0.6 is 11.6 Å². The van der Waals surface area contributed by atoms with Crippen LogP contribution in [0.3, 0.4) is 0 Å². The van der Waals surface area contributed by atoms with E-state index in [9.17, 15) is 4.79 Å². The smallest absolute Gasteiger partial charge is 0.410 e. The van der Waals surface area contributed by atoms with Gasteiger partial charge in [-0.15, -0.1) is 0 Å². The van der Waals surface area contributed by atoms with Gasteiger partial charge in [-0.1, -0.05) is 11.6 Å². The number of amides is 1. The number of rotatable bonds is 3. The molecule has 0 N–H and O–H groups in total. The maximum Gasteiger partial charge on any atom is 0.410 e. The summed E-state index contributed by atoms with van der Waals surface area (Å²) in [6.07, 6.45) is 5.09. The molecule has 1 aliphatic rings. The van der Waals surface area contributed by atoms with Crippen LogP contribution < -0.4 is 0 Å². The number of likely N-dealkylation sites (tertiary alicyclic amines) is 1. The largest absolute Gasteiger partial charge is 0.444 e. The van der Waals surface area contributed by atoms with Crippen molar-refractivity contribution < 1.29 is 9.53 Å². The van der Waals surface area contributed by atoms with Crippen molar-refractivity contribution in [2.45, 2.75) is 51.8 Å². The summed E-state index contributed by atoms with van der Waals surface area (Å²) < 4.78 is 5.44. The molecule has 0 radical (unpaired) electrons. The van der Waals surface area contributed by atoms with Gasteiger partial charge in [0.05, 0.1) is 5.02 Å². The average Bonchev–Trinajstić information content (AvgIpc) is 2.48. The lowest BCUT2D eigenvalue weighted by molar-refractivity contribution is 0.0149. The number of nitrogens with zero attached hydrogens (tertiary/aromatic N) is 3. The topological polar surface area (TPSA) is 45.7 Å². The number of carbonyl (C=O) groups excluding carboxylic acids is 1. The molecule has 1 amide bonds. The van der Waals surface area contributed by atoms with Crippen molar-refractivity contribution in [2.24, 2.45) is 0 Å². The number of aromatic nitrogens is 1. The van der Waals surface area contributed by atoms with Gasteiger partial charge in [-0.2, -0.15) is 0 Å². The van der Waals surface area contributed by atoms with E-state index in [1.165, 1.54) is 0 Å². The molecule has 2 heterocycles. The highest BCUT2D eigenvalue weighted by Crippen LogP contribution is 2.22. The van der Waals surface area contributed by atoms with Gasteiger partial charge in [0.15, 0.2) is 0 Å². The molecule has 0 unspecified atom stereocenters. The fourth-order valence-electron chi connectivity index (χ4n) is 2.72. The van der Waals surface area contributed by atoms with Crippen LogP contribution in [0.5, 0.6) is 0 Å². The lowest BCUT2D eigenvalue weighted by Crippen LogP contribution is -2.46. The van der Waals surface area contributed by atoms with Gasteiger partial charge in [0, 0.05) is 45.1 Å². The number of carbonyl (C=O) groups is 1. The van der Waals surface area contributed by atoms with Crippen LogP contribution in [0.4, 0.5) is 4.79 Å². The van der Waals surface area contributed by atoms with Gasteiger partial charge in [-0.3, -0.25) is 9.88 Å². The number of ether oxygens (including phenoxy) is 1. The quantitative estimate of drug-likeness (QED) is 0.844. The standard InChI is InChI=1S/C17H26ClN3O2/c1-17(2,3)23-16(22)20(4)14-6-9-21(10-7-14)12-13-5-8-19-11-15(13)18/h5,8,11,14H,6-7,9-10,12H2,1-4H3. The van der Waals surface area contributed by atoms with Crippen molar-refractivity contribution in [1.29, 1.82) is 0 Å². The van der Waals surface area contributed by atoms with Crippen LogP contribution in [0.2, 0.25) is 5.02 Å². The van der Waals surface area contributed by atoms with Crippen molar-refractivity contribution in [3.05, 3.63) is 29.0 Å². The monoisotopic (exact) mass is 339 g/mol. The molecule has 1 aromatic rings. The van der Waals surface area contributed by atoms with Crippen LogP contribution in [-0.2, 0) is 11.3 Å². The molecule has 5 nitrogen and oxygen atoms in total. The average molecular weight is 340 g/mol. The summed E-state index contributed by atoms with van der Waals surface area (Å²) in [5, 5.41) is 0.709. The van der Waals surface area contributed by atoms with Crippen LogP contribution in [0.25, 0.3) is 0 Å². The van der Waals surface area contributed by atoms with Gasteiger partial charge in [-0.05, 0) is 45.2 Å². The Morgan fingerprint density at radius 3 is 2.65 bits per heavy atom. The van der Waals surface area contributed by atoms with Crippen molar-refractivity contribution in [3.8, 4) is 0 Å². The van der Waals surface area contributed by atoms with Gasteiger partial charge in [0.2, 0.25) is 0 Å². The molecule has 0 bridgehead atoms. The zero-order valence-electron chi connectivity index (χ0n) is 14.4. The first kappa shape index (κ1) is 18.0. The molecule has 2 rings (SSSR count). The Kier molecular flexibility index (Phi) is 5.87. The molecule has 0 aromatic carbocycles. The van der Waals surface area contributed by atoms with Gasteiger partial charge < -0.3 is 9.64 Å². The van der Waals surface area contributed by atoms with Crippen LogP contribution in [0.1, 0.15) is 39.2 Å². The van der Waals surface area contributed by atoms with E-state index in [0.717, 1.165) is 38.0 Å². The summed E-state index contributed by atoms with van der Waals surface area (Å²) in [6, 6.07) is 2.19. The SMILES string of the molecule is CN(C(=O)OC(C)(C)C)C1CCN(Cc2ccncc2Cl)CC1. The Hall–Kier alpha value is -1.33. The van der Waals surface area contributed by atoms with Gasteiger partial charge in [0.25, 0.3) is 0 Å². The molecular formula is C17H26ClN3O2. The fourth-order valence-corrected chi connectivity index (χ4v) is 2.90. The maximum atomic E-state index is 12.1. The van der Waals surface area contributed by atoms with E-state index in [4.69, 9.17) is 16.3 Å². The first-order valence-corrected chi connectivity index (χ1v) is 8.40.